The van der Waals surface area contributed by atoms with Crippen molar-refractivity contribution in [1.82, 2.24) is 4.57 Å². The third-order valence-corrected chi connectivity index (χ3v) is 4.65. The number of hydrogen-bond acceptors (Lipinski definition) is 3. The fraction of sp³-hybridized carbons (Fsp3) is 0.333. The summed E-state index contributed by atoms with van der Waals surface area (Å²) in [4.78, 5) is 0.249. The molecule has 2 rings (SSSR count). The van der Waals surface area contributed by atoms with E-state index in [1.807, 2.05) is 29.0 Å². The second kappa shape index (κ2) is 4.95. The van der Waals surface area contributed by atoms with E-state index in [1.165, 1.54) is 0 Å². The molecule has 0 aliphatic heterocycles. The number of rotatable bonds is 4. The summed E-state index contributed by atoms with van der Waals surface area (Å²) in [7, 11) is -3.69. The van der Waals surface area contributed by atoms with Gasteiger partial charge in [0.05, 0.1) is 0 Å². The molecule has 6 heteroatoms. The van der Waals surface area contributed by atoms with Crippen molar-refractivity contribution in [2.45, 2.75) is 18.4 Å². The number of aromatic nitrogens is 1. The molecule has 0 aliphatic carbocycles. The first kappa shape index (κ1) is 13.5. The number of nitrogens with zero attached hydrogens (tertiary/aromatic N) is 1. The van der Waals surface area contributed by atoms with Crippen molar-refractivity contribution in [2.24, 2.45) is 5.14 Å². The van der Waals surface area contributed by atoms with Crippen molar-refractivity contribution in [1.29, 1.82) is 0 Å². The topological polar surface area (TPSA) is 65.1 Å². The Kier molecular flexibility index (Phi) is 3.70. The highest BCUT2D eigenvalue weighted by atomic mass is 32.2. The van der Waals surface area contributed by atoms with Crippen LogP contribution in [0.4, 0.5) is 0 Å². The minimum Gasteiger partial charge on any atom is -0.343 e. The van der Waals surface area contributed by atoms with E-state index in [-0.39, 0.29) is 4.90 Å². The summed E-state index contributed by atoms with van der Waals surface area (Å²) < 4.78 is 25.4. The first-order chi connectivity index (χ1) is 8.46. The Bertz CT molecular complexity index is 675. The highest BCUT2D eigenvalue weighted by molar-refractivity contribution is 7.98. The molecule has 1 aromatic carbocycles. The van der Waals surface area contributed by atoms with Gasteiger partial charge in [-0.25, -0.2) is 13.6 Å². The Morgan fingerprint density at radius 2 is 2.00 bits per heavy atom. The molecule has 4 nitrogen and oxygen atoms in total. The number of primary sulfonamides is 1. The van der Waals surface area contributed by atoms with Gasteiger partial charge < -0.3 is 4.57 Å². The van der Waals surface area contributed by atoms with Crippen LogP contribution in [0.2, 0.25) is 0 Å². The Balaban J connectivity index is 2.76. The van der Waals surface area contributed by atoms with Gasteiger partial charge in [0.25, 0.3) is 0 Å². The molecular formula is C12H16N2O2S2. The highest BCUT2D eigenvalue weighted by Crippen LogP contribution is 2.28. The van der Waals surface area contributed by atoms with Gasteiger partial charge in [-0.2, -0.15) is 11.8 Å². The molecular weight excluding hydrogens is 268 g/mol. The van der Waals surface area contributed by atoms with Crippen molar-refractivity contribution in [2.75, 3.05) is 12.0 Å². The molecule has 0 bridgehead atoms. The van der Waals surface area contributed by atoms with E-state index in [9.17, 15) is 8.42 Å². The summed E-state index contributed by atoms with van der Waals surface area (Å²) in [5.41, 5.74) is 1.64. The number of sulfonamides is 1. The predicted octanol–water partition coefficient (Wildman–Crippen LogP) is 1.96. The molecule has 98 valence electrons. The lowest BCUT2D eigenvalue weighted by molar-refractivity contribution is 0.597. The van der Waals surface area contributed by atoms with Gasteiger partial charge in [-0.3, -0.25) is 0 Å². The quantitative estimate of drug-likeness (QED) is 0.933. The van der Waals surface area contributed by atoms with E-state index in [1.54, 1.807) is 24.8 Å². The number of fused-ring (bicyclic) bond motifs is 1. The predicted molar refractivity (Wildman–Crippen MR) is 76.4 cm³/mol. The molecule has 0 spiro atoms. The number of para-hydroxylation sites is 1. The molecule has 2 N–H and O–H groups in total. The Labute approximate surface area is 111 Å². The van der Waals surface area contributed by atoms with Crippen LogP contribution in [0.5, 0.6) is 0 Å². The number of aryl methyl sites for hydroxylation is 1. The molecule has 0 saturated heterocycles. The summed E-state index contributed by atoms with van der Waals surface area (Å²) in [6, 6.07) is 7.47. The Morgan fingerprint density at radius 1 is 1.33 bits per heavy atom. The fourth-order valence-corrected chi connectivity index (χ4v) is 3.60. The van der Waals surface area contributed by atoms with E-state index in [4.69, 9.17) is 5.14 Å². The third-order valence-electron chi connectivity index (χ3n) is 2.98. The molecule has 18 heavy (non-hydrogen) atoms. The van der Waals surface area contributed by atoms with Gasteiger partial charge in [0.15, 0.2) is 0 Å². The molecule has 0 radical (unpaired) electrons. The van der Waals surface area contributed by atoms with Crippen LogP contribution >= 0.6 is 11.8 Å². The van der Waals surface area contributed by atoms with E-state index < -0.39 is 10.0 Å². The molecule has 1 heterocycles. The van der Waals surface area contributed by atoms with Crippen molar-refractivity contribution in [3.05, 3.63) is 30.0 Å². The lowest BCUT2D eigenvalue weighted by atomic mass is 10.2. The van der Waals surface area contributed by atoms with Gasteiger partial charge >= 0.3 is 0 Å². The maximum Gasteiger partial charge on any atom is 0.240 e. The molecule has 0 fully saturated rings. The van der Waals surface area contributed by atoms with Gasteiger partial charge in [-0.05, 0) is 19.2 Å². The van der Waals surface area contributed by atoms with Crippen molar-refractivity contribution < 1.29 is 8.42 Å². The minimum absolute atomic E-state index is 0.249. The highest BCUT2D eigenvalue weighted by Gasteiger charge is 2.21. The van der Waals surface area contributed by atoms with Gasteiger partial charge in [-0.1, -0.05) is 18.2 Å². The standard InChI is InChI=1S/C12H16N2O2S2/c1-9-12(18(13,15)16)10-5-3-4-6-11(10)14(9)7-8-17-2/h3-6H,7-8H2,1-2H3,(H2,13,15,16). The van der Waals surface area contributed by atoms with E-state index in [0.29, 0.717) is 11.1 Å². The first-order valence-corrected chi connectivity index (χ1v) is 8.50. The third kappa shape index (κ3) is 2.28. The zero-order valence-electron chi connectivity index (χ0n) is 10.4. The van der Waals surface area contributed by atoms with Gasteiger partial charge in [0, 0.05) is 28.9 Å². The van der Waals surface area contributed by atoms with Gasteiger partial charge in [0.2, 0.25) is 10.0 Å². The van der Waals surface area contributed by atoms with E-state index >= 15 is 0 Å². The van der Waals surface area contributed by atoms with Crippen molar-refractivity contribution in [3.8, 4) is 0 Å². The summed E-state index contributed by atoms with van der Waals surface area (Å²) >= 11 is 1.73. The average Bonchev–Trinajstić information content (AvgIpc) is 2.58. The second-order valence-electron chi connectivity index (χ2n) is 4.12. The number of thioether (sulfide) groups is 1. The molecule has 0 unspecified atom stereocenters. The van der Waals surface area contributed by atoms with E-state index in [0.717, 1.165) is 17.8 Å². The molecule has 2 aromatic rings. The lowest BCUT2D eigenvalue weighted by Crippen LogP contribution is -2.14. The summed E-state index contributed by atoms with van der Waals surface area (Å²) in [5.74, 6) is 0.934. The molecule has 0 atom stereocenters. The zero-order valence-corrected chi connectivity index (χ0v) is 12.0. The normalized spacial score (nSPS) is 12.2. The number of benzene rings is 1. The second-order valence-corrected chi connectivity index (χ2v) is 6.60. The maximum atomic E-state index is 11.7. The smallest absolute Gasteiger partial charge is 0.240 e. The largest absolute Gasteiger partial charge is 0.343 e. The Hall–Kier alpha value is -0.980. The fourth-order valence-electron chi connectivity index (χ4n) is 2.23. The zero-order chi connectivity index (χ0) is 13.3. The van der Waals surface area contributed by atoms with Crippen LogP contribution in [0.3, 0.4) is 0 Å². The Morgan fingerprint density at radius 3 is 2.61 bits per heavy atom. The van der Waals surface area contributed by atoms with Gasteiger partial charge in [0.1, 0.15) is 4.90 Å². The summed E-state index contributed by atoms with van der Waals surface area (Å²) in [5, 5.41) is 6.03. The number of hydrogen-bond donors (Lipinski definition) is 1. The summed E-state index contributed by atoms with van der Waals surface area (Å²) in [6.07, 6.45) is 2.03. The van der Waals surface area contributed by atoms with Crippen molar-refractivity contribution in [3.63, 3.8) is 0 Å². The van der Waals surface area contributed by atoms with Crippen LogP contribution in [0.25, 0.3) is 10.9 Å². The minimum atomic E-state index is -3.69. The molecule has 0 aliphatic rings. The van der Waals surface area contributed by atoms with Gasteiger partial charge in [-0.15, -0.1) is 0 Å². The van der Waals surface area contributed by atoms with Crippen LogP contribution in [0.1, 0.15) is 5.69 Å². The SMILES string of the molecule is CSCCn1c(C)c(S(N)(=O)=O)c2ccccc21. The first-order valence-electron chi connectivity index (χ1n) is 5.56. The maximum absolute atomic E-state index is 11.7. The van der Waals surface area contributed by atoms with Crippen LogP contribution in [0, 0.1) is 6.92 Å². The van der Waals surface area contributed by atoms with Crippen LogP contribution < -0.4 is 5.14 Å². The average molecular weight is 284 g/mol. The lowest BCUT2D eigenvalue weighted by Gasteiger charge is -2.06. The number of nitrogens with two attached hydrogens (primary N) is 1. The van der Waals surface area contributed by atoms with E-state index in [2.05, 4.69) is 0 Å². The summed E-state index contributed by atoms with van der Waals surface area (Å²) in [6.45, 7) is 2.59. The molecule has 1 aromatic heterocycles. The molecule has 0 saturated carbocycles. The molecule has 0 amide bonds. The monoisotopic (exact) mass is 284 g/mol. The van der Waals surface area contributed by atoms with Crippen LogP contribution in [-0.4, -0.2) is 25.0 Å². The van der Waals surface area contributed by atoms with Crippen molar-refractivity contribution >= 4 is 32.7 Å². The van der Waals surface area contributed by atoms with Crippen LogP contribution in [0.15, 0.2) is 29.2 Å². The van der Waals surface area contributed by atoms with Crippen LogP contribution in [-0.2, 0) is 16.6 Å².